The Kier molecular flexibility index (Phi) is 4.98. The number of nitrogens with zero attached hydrogens (tertiary/aromatic N) is 1. The molecule has 1 N–H and O–H groups in total. The Morgan fingerprint density at radius 1 is 1.56 bits per heavy atom. The Bertz CT molecular complexity index is 436. The van der Waals surface area contributed by atoms with Crippen LogP contribution in [0.2, 0.25) is 0 Å². The highest BCUT2D eigenvalue weighted by Crippen LogP contribution is 2.13. The van der Waals surface area contributed by atoms with Gasteiger partial charge in [-0.05, 0) is 6.07 Å². The third kappa shape index (κ3) is 3.96. The first-order chi connectivity index (χ1) is 7.59. The number of methoxy groups -OCH3 is 1. The van der Waals surface area contributed by atoms with Gasteiger partial charge < -0.3 is 4.74 Å². The highest BCUT2D eigenvalue weighted by Gasteiger charge is 2.10. The molecular weight excluding hydrogens is 252 g/mol. The van der Waals surface area contributed by atoms with E-state index in [0.717, 1.165) is 0 Å². The molecule has 0 aliphatic heterocycles. The van der Waals surface area contributed by atoms with Crippen LogP contribution in [-0.2, 0) is 16.6 Å². The van der Waals surface area contributed by atoms with Crippen molar-refractivity contribution in [1.29, 1.82) is 0 Å². The molecule has 5 nitrogen and oxygen atoms in total. The lowest BCUT2D eigenvalue weighted by Crippen LogP contribution is -2.26. The zero-order valence-electron chi connectivity index (χ0n) is 8.81. The Morgan fingerprint density at radius 3 is 2.94 bits per heavy atom. The van der Waals surface area contributed by atoms with Gasteiger partial charge in [0.1, 0.15) is 0 Å². The van der Waals surface area contributed by atoms with Crippen LogP contribution in [0.3, 0.4) is 0 Å². The number of hydrogen-bond donors (Lipinski definition) is 1. The minimum absolute atomic E-state index is 0.0690. The van der Waals surface area contributed by atoms with Gasteiger partial charge in [0, 0.05) is 24.2 Å². The van der Waals surface area contributed by atoms with Gasteiger partial charge in [-0.15, -0.1) is 11.6 Å². The second-order valence-electron chi connectivity index (χ2n) is 3.00. The number of pyridine rings is 1. The van der Waals surface area contributed by atoms with E-state index in [1.54, 1.807) is 18.3 Å². The molecule has 90 valence electrons. The molecule has 0 aromatic carbocycles. The molecule has 1 rings (SSSR count). The Hall–Kier alpha value is -0.850. The van der Waals surface area contributed by atoms with E-state index in [9.17, 15) is 8.42 Å². The lowest BCUT2D eigenvalue weighted by molar-refractivity contribution is 0.392. The van der Waals surface area contributed by atoms with Crippen LogP contribution >= 0.6 is 11.6 Å². The third-order valence-corrected chi connectivity index (χ3v) is 3.61. The van der Waals surface area contributed by atoms with Crippen molar-refractivity contribution in [2.24, 2.45) is 0 Å². The first-order valence-electron chi connectivity index (χ1n) is 4.60. The van der Waals surface area contributed by atoms with Crippen molar-refractivity contribution in [2.45, 2.75) is 6.54 Å². The van der Waals surface area contributed by atoms with E-state index in [2.05, 4.69) is 9.71 Å². The number of aromatic nitrogens is 1. The summed E-state index contributed by atoms with van der Waals surface area (Å²) in [5.41, 5.74) is 0.683. The van der Waals surface area contributed by atoms with Crippen LogP contribution < -0.4 is 9.46 Å². The monoisotopic (exact) mass is 264 g/mol. The number of rotatable bonds is 6. The van der Waals surface area contributed by atoms with Crippen molar-refractivity contribution >= 4 is 21.6 Å². The van der Waals surface area contributed by atoms with E-state index >= 15 is 0 Å². The highest BCUT2D eigenvalue weighted by molar-refractivity contribution is 7.89. The van der Waals surface area contributed by atoms with Crippen molar-refractivity contribution in [3.8, 4) is 5.88 Å². The third-order valence-electron chi connectivity index (χ3n) is 1.87. The summed E-state index contributed by atoms with van der Waals surface area (Å²) in [7, 11) is -1.83. The number of alkyl halides is 1. The summed E-state index contributed by atoms with van der Waals surface area (Å²) in [6, 6.07) is 3.46. The lowest BCUT2D eigenvalue weighted by atomic mass is 10.3. The van der Waals surface area contributed by atoms with Crippen LogP contribution in [-0.4, -0.2) is 32.1 Å². The lowest BCUT2D eigenvalue weighted by Gasteiger charge is -2.08. The van der Waals surface area contributed by atoms with E-state index in [0.29, 0.717) is 11.4 Å². The summed E-state index contributed by atoms with van der Waals surface area (Å²) < 4.78 is 30.1. The summed E-state index contributed by atoms with van der Waals surface area (Å²) in [6.45, 7) is 0.149. The molecule has 0 amide bonds. The van der Waals surface area contributed by atoms with Crippen molar-refractivity contribution in [2.75, 3.05) is 18.7 Å². The summed E-state index contributed by atoms with van der Waals surface area (Å²) in [6.07, 6.45) is 1.58. The molecule has 1 aromatic rings. The van der Waals surface area contributed by atoms with Gasteiger partial charge in [-0.1, -0.05) is 6.07 Å². The van der Waals surface area contributed by atoms with Crippen LogP contribution in [0, 0.1) is 0 Å². The quantitative estimate of drug-likeness (QED) is 0.770. The first kappa shape index (κ1) is 13.2. The van der Waals surface area contributed by atoms with E-state index < -0.39 is 10.0 Å². The second kappa shape index (κ2) is 6.03. The van der Waals surface area contributed by atoms with E-state index in [1.807, 2.05) is 0 Å². The molecule has 0 aliphatic carbocycles. The van der Waals surface area contributed by atoms with E-state index in [-0.39, 0.29) is 18.2 Å². The SMILES string of the molecule is COc1ncccc1CNS(=O)(=O)CCCl. The van der Waals surface area contributed by atoms with Crippen molar-refractivity contribution in [3.63, 3.8) is 0 Å². The van der Waals surface area contributed by atoms with Crippen LogP contribution in [0.5, 0.6) is 5.88 Å². The summed E-state index contributed by atoms with van der Waals surface area (Å²) in [4.78, 5) is 3.96. The van der Waals surface area contributed by atoms with Gasteiger partial charge in [0.05, 0.1) is 12.9 Å². The number of sulfonamides is 1. The molecule has 0 radical (unpaired) electrons. The largest absolute Gasteiger partial charge is 0.481 e. The Labute approximate surface area is 99.8 Å². The highest BCUT2D eigenvalue weighted by atomic mass is 35.5. The average molecular weight is 265 g/mol. The number of nitrogens with one attached hydrogen (secondary N) is 1. The van der Waals surface area contributed by atoms with Crippen LogP contribution in [0.1, 0.15) is 5.56 Å². The maximum atomic E-state index is 11.3. The number of hydrogen-bond acceptors (Lipinski definition) is 4. The molecule has 0 bridgehead atoms. The second-order valence-corrected chi connectivity index (χ2v) is 5.31. The van der Waals surface area contributed by atoms with E-state index in [1.165, 1.54) is 7.11 Å². The van der Waals surface area contributed by atoms with Gasteiger partial charge in [0.15, 0.2) is 0 Å². The molecular formula is C9H13ClN2O3S. The zero-order valence-corrected chi connectivity index (χ0v) is 10.4. The number of ether oxygens (including phenoxy) is 1. The Balaban J connectivity index is 2.68. The Morgan fingerprint density at radius 2 is 2.31 bits per heavy atom. The predicted octanol–water partition coefficient (Wildman–Crippen LogP) is 0.748. The molecule has 0 saturated heterocycles. The van der Waals surface area contributed by atoms with Gasteiger partial charge in [-0.3, -0.25) is 0 Å². The predicted molar refractivity (Wildman–Crippen MR) is 62.1 cm³/mol. The molecule has 16 heavy (non-hydrogen) atoms. The summed E-state index contributed by atoms with van der Waals surface area (Å²) in [5.74, 6) is 0.382. The molecule has 7 heteroatoms. The van der Waals surface area contributed by atoms with Gasteiger partial charge >= 0.3 is 0 Å². The molecule has 0 unspecified atom stereocenters. The maximum Gasteiger partial charge on any atom is 0.217 e. The molecule has 0 aliphatic rings. The maximum absolute atomic E-state index is 11.3. The summed E-state index contributed by atoms with van der Waals surface area (Å²) in [5, 5.41) is 0. The first-order valence-corrected chi connectivity index (χ1v) is 6.79. The van der Waals surface area contributed by atoms with Crippen molar-refractivity contribution < 1.29 is 13.2 Å². The molecule has 0 spiro atoms. The minimum atomic E-state index is -3.32. The van der Waals surface area contributed by atoms with Crippen LogP contribution in [0.4, 0.5) is 0 Å². The summed E-state index contributed by atoms with van der Waals surface area (Å²) >= 11 is 5.37. The van der Waals surface area contributed by atoms with Gasteiger partial charge in [-0.2, -0.15) is 0 Å². The molecule has 1 heterocycles. The normalized spacial score (nSPS) is 11.4. The molecule has 1 aromatic heterocycles. The topological polar surface area (TPSA) is 68.3 Å². The fraction of sp³-hybridized carbons (Fsp3) is 0.444. The van der Waals surface area contributed by atoms with Crippen molar-refractivity contribution in [1.82, 2.24) is 9.71 Å². The van der Waals surface area contributed by atoms with E-state index in [4.69, 9.17) is 16.3 Å². The fourth-order valence-electron chi connectivity index (χ4n) is 1.10. The van der Waals surface area contributed by atoms with Crippen molar-refractivity contribution in [3.05, 3.63) is 23.9 Å². The zero-order chi connectivity index (χ0) is 12.0. The number of halogens is 1. The van der Waals surface area contributed by atoms with Gasteiger partial charge in [0.25, 0.3) is 0 Å². The smallest absolute Gasteiger partial charge is 0.217 e. The van der Waals surface area contributed by atoms with Gasteiger partial charge in [0.2, 0.25) is 15.9 Å². The average Bonchev–Trinajstić information content (AvgIpc) is 2.27. The van der Waals surface area contributed by atoms with Gasteiger partial charge in [-0.25, -0.2) is 18.1 Å². The van der Waals surface area contributed by atoms with Crippen LogP contribution in [0.15, 0.2) is 18.3 Å². The fourth-order valence-corrected chi connectivity index (χ4v) is 2.44. The standard InChI is InChI=1S/C9H13ClN2O3S/c1-15-9-8(3-2-5-11-9)7-12-16(13,14)6-4-10/h2-3,5,12H,4,6-7H2,1H3. The molecule has 0 atom stereocenters. The van der Waals surface area contributed by atoms with Crippen LogP contribution in [0.25, 0.3) is 0 Å². The minimum Gasteiger partial charge on any atom is -0.481 e. The molecule has 0 saturated carbocycles. The molecule has 0 fully saturated rings.